The zero-order valence-corrected chi connectivity index (χ0v) is 15.1. The number of benzene rings is 3. The van der Waals surface area contributed by atoms with Crippen LogP contribution in [0.25, 0.3) is 21.9 Å². The van der Waals surface area contributed by atoms with E-state index in [0.717, 1.165) is 58.9 Å². The van der Waals surface area contributed by atoms with Gasteiger partial charge in [0, 0.05) is 22.5 Å². The Balaban J connectivity index is 1.50. The molecule has 3 nitrogen and oxygen atoms in total. The predicted octanol–water partition coefficient (Wildman–Crippen LogP) is 6.04. The molecule has 0 spiro atoms. The highest BCUT2D eigenvalue weighted by molar-refractivity contribution is 6.07. The molecule has 4 aromatic rings. The van der Waals surface area contributed by atoms with Crippen molar-refractivity contribution in [2.75, 3.05) is 5.32 Å². The Kier molecular flexibility index (Phi) is 3.75. The zero-order valence-electron chi connectivity index (χ0n) is 15.1. The van der Waals surface area contributed by atoms with Crippen molar-refractivity contribution in [3.05, 3.63) is 78.4 Å². The molecule has 5 rings (SSSR count). The number of amides is 1. The molecular formula is C24H21NO2. The summed E-state index contributed by atoms with van der Waals surface area (Å²) in [4.78, 5) is 13.3. The van der Waals surface area contributed by atoms with E-state index in [1.54, 1.807) is 0 Å². The monoisotopic (exact) mass is 355 g/mol. The van der Waals surface area contributed by atoms with Crippen molar-refractivity contribution in [2.24, 2.45) is 0 Å². The third-order valence-corrected chi connectivity index (χ3v) is 5.85. The summed E-state index contributed by atoms with van der Waals surface area (Å²) in [5.74, 6) is 0.0849. The summed E-state index contributed by atoms with van der Waals surface area (Å²) in [7, 11) is 0. The minimum absolute atomic E-state index is 0.0849. The van der Waals surface area contributed by atoms with Gasteiger partial charge in [-0.25, -0.2) is 0 Å². The molecule has 0 aliphatic heterocycles. The van der Waals surface area contributed by atoms with E-state index in [1.807, 2.05) is 54.6 Å². The van der Waals surface area contributed by atoms with Crippen LogP contribution in [0.5, 0.6) is 0 Å². The van der Waals surface area contributed by atoms with Crippen molar-refractivity contribution in [3.8, 4) is 0 Å². The quantitative estimate of drug-likeness (QED) is 0.487. The number of anilines is 1. The lowest BCUT2D eigenvalue weighted by molar-refractivity contribution is -0.121. The van der Waals surface area contributed by atoms with Crippen molar-refractivity contribution in [1.29, 1.82) is 0 Å². The molecule has 0 bridgehead atoms. The molecule has 0 atom stereocenters. The average molecular weight is 355 g/mol. The molecule has 1 aromatic heterocycles. The molecule has 1 fully saturated rings. The van der Waals surface area contributed by atoms with E-state index in [1.165, 1.54) is 0 Å². The summed E-state index contributed by atoms with van der Waals surface area (Å²) in [5, 5.41) is 5.33. The predicted molar refractivity (Wildman–Crippen MR) is 109 cm³/mol. The largest absolute Gasteiger partial charge is 0.456 e. The van der Waals surface area contributed by atoms with Gasteiger partial charge in [-0.3, -0.25) is 4.79 Å². The Labute approximate surface area is 158 Å². The third-order valence-electron chi connectivity index (χ3n) is 5.85. The number of hydrogen-bond donors (Lipinski definition) is 1. The van der Waals surface area contributed by atoms with E-state index in [-0.39, 0.29) is 5.91 Å². The van der Waals surface area contributed by atoms with E-state index >= 15 is 0 Å². The number of fused-ring (bicyclic) bond motifs is 3. The third kappa shape index (κ3) is 2.62. The van der Waals surface area contributed by atoms with Crippen LogP contribution in [0.3, 0.4) is 0 Å². The van der Waals surface area contributed by atoms with Crippen molar-refractivity contribution in [1.82, 2.24) is 0 Å². The molecule has 1 aliphatic carbocycles. The lowest BCUT2D eigenvalue weighted by Crippen LogP contribution is -2.37. The molecule has 0 unspecified atom stereocenters. The van der Waals surface area contributed by atoms with Crippen LogP contribution in [-0.4, -0.2) is 5.91 Å². The summed E-state index contributed by atoms with van der Waals surface area (Å²) in [6, 6.07) is 24.1. The smallest absolute Gasteiger partial charge is 0.235 e. The Hall–Kier alpha value is -3.07. The molecule has 1 N–H and O–H groups in total. The first-order valence-electron chi connectivity index (χ1n) is 9.55. The molecule has 1 aliphatic rings. The number of carbonyl (C=O) groups is 1. The van der Waals surface area contributed by atoms with Gasteiger partial charge in [-0.1, -0.05) is 61.4 Å². The lowest BCUT2D eigenvalue weighted by Gasteiger charge is -2.28. The van der Waals surface area contributed by atoms with Gasteiger partial charge < -0.3 is 9.73 Å². The second kappa shape index (κ2) is 6.27. The van der Waals surface area contributed by atoms with Gasteiger partial charge in [-0.15, -0.1) is 0 Å². The molecule has 0 radical (unpaired) electrons. The van der Waals surface area contributed by atoms with Crippen molar-refractivity contribution in [3.63, 3.8) is 0 Å². The highest BCUT2D eigenvalue weighted by Gasteiger charge is 2.42. The van der Waals surface area contributed by atoms with E-state index in [2.05, 4.69) is 23.5 Å². The van der Waals surface area contributed by atoms with Gasteiger partial charge in [-0.2, -0.15) is 0 Å². The molecular weight excluding hydrogens is 334 g/mol. The van der Waals surface area contributed by atoms with Crippen LogP contribution < -0.4 is 5.32 Å². The summed E-state index contributed by atoms with van der Waals surface area (Å²) in [5.41, 5.74) is 3.14. The topological polar surface area (TPSA) is 42.2 Å². The number of hydrogen-bond acceptors (Lipinski definition) is 2. The number of nitrogens with one attached hydrogen (secondary N) is 1. The first kappa shape index (κ1) is 16.1. The van der Waals surface area contributed by atoms with Gasteiger partial charge in [0.25, 0.3) is 0 Å². The van der Waals surface area contributed by atoms with Crippen LogP contribution in [0.1, 0.15) is 31.2 Å². The van der Waals surface area contributed by atoms with Gasteiger partial charge in [-0.05, 0) is 36.6 Å². The first-order chi connectivity index (χ1) is 13.3. The summed E-state index contributed by atoms with van der Waals surface area (Å²) in [6.45, 7) is 0. The zero-order chi connectivity index (χ0) is 18.3. The van der Waals surface area contributed by atoms with Gasteiger partial charge in [0.1, 0.15) is 11.2 Å². The fraction of sp³-hybridized carbons (Fsp3) is 0.208. The van der Waals surface area contributed by atoms with Crippen molar-refractivity contribution < 1.29 is 9.21 Å². The van der Waals surface area contributed by atoms with Crippen molar-refractivity contribution in [2.45, 2.75) is 31.1 Å². The molecule has 1 saturated carbocycles. The van der Waals surface area contributed by atoms with E-state index in [9.17, 15) is 4.79 Å². The van der Waals surface area contributed by atoms with Crippen molar-refractivity contribution >= 4 is 33.5 Å². The SMILES string of the molecule is O=C(Nc1ccc2c(c1)oc1ccccc12)C1(c2ccccc2)CCCC1. The molecule has 134 valence electrons. The second-order valence-corrected chi connectivity index (χ2v) is 7.42. The van der Waals surface area contributed by atoms with Gasteiger partial charge >= 0.3 is 0 Å². The lowest BCUT2D eigenvalue weighted by atomic mass is 9.78. The van der Waals surface area contributed by atoms with Crippen LogP contribution in [-0.2, 0) is 10.2 Å². The standard InChI is InChI=1S/C24H21NO2/c26-23(24(14-6-7-15-24)17-8-2-1-3-9-17)25-18-12-13-20-19-10-4-5-11-21(19)27-22(20)16-18/h1-5,8-13,16H,6-7,14-15H2,(H,25,26). The summed E-state index contributed by atoms with van der Waals surface area (Å²) >= 11 is 0. The molecule has 1 amide bonds. The number of para-hydroxylation sites is 1. The Morgan fingerprint density at radius 2 is 1.52 bits per heavy atom. The van der Waals surface area contributed by atoms with Gasteiger partial charge in [0.2, 0.25) is 5.91 Å². The van der Waals surface area contributed by atoms with Crippen LogP contribution in [0, 0.1) is 0 Å². The number of rotatable bonds is 3. The normalized spacial score (nSPS) is 16.0. The first-order valence-corrected chi connectivity index (χ1v) is 9.55. The van der Waals surface area contributed by atoms with Crippen LogP contribution in [0.4, 0.5) is 5.69 Å². The van der Waals surface area contributed by atoms with Crippen LogP contribution >= 0.6 is 0 Å². The second-order valence-electron chi connectivity index (χ2n) is 7.42. The summed E-state index contributed by atoms with van der Waals surface area (Å²) < 4.78 is 5.96. The van der Waals surface area contributed by atoms with Gasteiger partial charge in [0.05, 0.1) is 5.41 Å². The van der Waals surface area contributed by atoms with E-state index in [4.69, 9.17) is 4.42 Å². The highest BCUT2D eigenvalue weighted by Crippen LogP contribution is 2.42. The molecule has 3 heteroatoms. The Morgan fingerprint density at radius 3 is 2.33 bits per heavy atom. The molecule has 27 heavy (non-hydrogen) atoms. The number of furan rings is 1. The Morgan fingerprint density at radius 1 is 0.815 bits per heavy atom. The maximum atomic E-state index is 13.3. The number of carbonyl (C=O) groups excluding carboxylic acids is 1. The average Bonchev–Trinajstić information content (AvgIpc) is 3.34. The maximum absolute atomic E-state index is 13.3. The van der Waals surface area contributed by atoms with E-state index < -0.39 is 5.41 Å². The molecule has 3 aromatic carbocycles. The summed E-state index contributed by atoms with van der Waals surface area (Å²) in [6.07, 6.45) is 3.97. The minimum Gasteiger partial charge on any atom is -0.456 e. The van der Waals surface area contributed by atoms with E-state index in [0.29, 0.717) is 0 Å². The fourth-order valence-corrected chi connectivity index (χ4v) is 4.44. The molecule has 0 saturated heterocycles. The van der Waals surface area contributed by atoms with Crippen LogP contribution in [0.15, 0.2) is 77.2 Å². The maximum Gasteiger partial charge on any atom is 0.235 e. The minimum atomic E-state index is -0.426. The fourth-order valence-electron chi connectivity index (χ4n) is 4.44. The van der Waals surface area contributed by atoms with Crippen LogP contribution in [0.2, 0.25) is 0 Å². The Bertz CT molecular complexity index is 1120. The molecule has 1 heterocycles. The highest BCUT2D eigenvalue weighted by atomic mass is 16.3. The van der Waals surface area contributed by atoms with Gasteiger partial charge in [0.15, 0.2) is 0 Å².